The lowest BCUT2D eigenvalue weighted by molar-refractivity contribution is 0.416. The van der Waals surface area contributed by atoms with Crippen molar-refractivity contribution in [2.75, 3.05) is 12.8 Å². The molecule has 1 aromatic carbocycles. The van der Waals surface area contributed by atoms with E-state index in [2.05, 4.69) is 25.9 Å². The van der Waals surface area contributed by atoms with Gasteiger partial charge in [0.05, 0.1) is 17.3 Å². The minimum atomic E-state index is 0.0835. The summed E-state index contributed by atoms with van der Waals surface area (Å²) in [5.41, 5.74) is 6.82. The van der Waals surface area contributed by atoms with Gasteiger partial charge in [-0.3, -0.25) is 0 Å². The molecule has 0 aliphatic carbocycles. The van der Waals surface area contributed by atoms with Crippen LogP contribution in [-0.4, -0.2) is 17.1 Å². The molecule has 18 heavy (non-hydrogen) atoms. The number of rotatable bonds is 2. The molecule has 94 valence electrons. The number of benzene rings is 1. The van der Waals surface area contributed by atoms with Crippen LogP contribution in [-0.2, 0) is 0 Å². The number of nitrogen functional groups attached to an aromatic ring is 1. The maximum Gasteiger partial charge on any atom is 0.222 e. The number of nitrogens with two attached hydrogens (primary N) is 1. The lowest BCUT2D eigenvalue weighted by Gasteiger charge is -2.11. The van der Waals surface area contributed by atoms with E-state index in [0.717, 1.165) is 0 Å². The van der Waals surface area contributed by atoms with Gasteiger partial charge < -0.3 is 10.5 Å². The van der Waals surface area contributed by atoms with Crippen molar-refractivity contribution in [2.45, 2.75) is 0 Å². The molecule has 1 aromatic heterocycles. The Bertz CT molecular complexity index is 607. The topological polar surface area (TPSA) is 61.0 Å². The van der Waals surface area contributed by atoms with Crippen LogP contribution < -0.4 is 10.5 Å². The van der Waals surface area contributed by atoms with Gasteiger partial charge in [-0.2, -0.15) is 0 Å². The Hall–Kier alpha value is -1.04. The first-order chi connectivity index (χ1) is 8.52. The van der Waals surface area contributed by atoms with Crippen molar-refractivity contribution in [3.05, 3.63) is 32.8 Å². The van der Waals surface area contributed by atoms with Crippen LogP contribution >= 0.6 is 39.1 Å². The first-order valence-electron chi connectivity index (χ1n) is 4.85. The monoisotopic (exact) mass is 347 g/mol. The maximum atomic E-state index is 5.98. The summed E-state index contributed by atoms with van der Waals surface area (Å²) in [4.78, 5) is 8.00. The predicted octanol–water partition coefficient (Wildman–Crippen LogP) is 3.80. The molecule has 0 unspecified atom stereocenters. The zero-order chi connectivity index (χ0) is 13.3. The summed E-state index contributed by atoms with van der Waals surface area (Å²) in [5.74, 6) is 0.703. The first-order valence-corrected chi connectivity index (χ1v) is 6.40. The van der Waals surface area contributed by atoms with Crippen molar-refractivity contribution in [1.82, 2.24) is 9.97 Å². The summed E-state index contributed by atoms with van der Waals surface area (Å²) in [7, 11) is 1.56. The third kappa shape index (κ3) is 2.53. The fourth-order valence-corrected chi connectivity index (χ4v) is 2.22. The highest BCUT2D eigenvalue weighted by molar-refractivity contribution is 9.10. The molecule has 0 atom stereocenters. The van der Waals surface area contributed by atoms with Gasteiger partial charge in [-0.25, -0.2) is 9.97 Å². The summed E-state index contributed by atoms with van der Waals surface area (Å²) < 4.78 is 5.81. The minimum absolute atomic E-state index is 0.0835. The van der Waals surface area contributed by atoms with Crippen LogP contribution in [0.1, 0.15) is 0 Å². The minimum Gasteiger partial charge on any atom is -0.496 e. The van der Waals surface area contributed by atoms with E-state index in [-0.39, 0.29) is 11.1 Å². The average Bonchev–Trinajstić information content (AvgIpc) is 2.33. The number of methoxy groups -OCH3 is 1. The SMILES string of the molecule is COc1ccc(Cl)cc1-c1nc(N)nc(Cl)c1Br. The molecule has 0 aliphatic heterocycles. The van der Waals surface area contributed by atoms with Crippen LogP contribution in [0.2, 0.25) is 10.2 Å². The summed E-state index contributed by atoms with van der Waals surface area (Å²) in [6, 6.07) is 5.20. The standard InChI is InChI=1S/C11H8BrCl2N3O/c1-18-7-3-2-5(13)4-6(7)9-8(12)10(14)17-11(15)16-9/h2-4H,1H3,(H2,15,16,17). The van der Waals surface area contributed by atoms with Crippen LogP contribution in [0.3, 0.4) is 0 Å². The number of halogens is 3. The highest BCUT2D eigenvalue weighted by Gasteiger charge is 2.15. The van der Waals surface area contributed by atoms with E-state index in [1.807, 2.05) is 0 Å². The van der Waals surface area contributed by atoms with Crippen LogP contribution in [0.25, 0.3) is 11.3 Å². The largest absolute Gasteiger partial charge is 0.496 e. The lowest BCUT2D eigenvalue weighted by atomic mass is 10.1. The van der Waals surface area contributed by atoms with Crippen molar-refractivity contribution in [3.63, 3.8) is 0 Å². The molecule has 7 heteroatoms. The molecule has 4 nitrogen and oxygen atoms in total. The van der Waals surface area contributed by atoms with Crippen LogP contribution in [0.4, 0.5) is 5.95 Å². The van der Waals surface area contributed by atoms with E-state index in [1.54, 1.807) is 25.3 Å². The second kappa shape index (κ2) is 5.30. The summed E-state index contributed by atoms with van der Waals surface area (Å²) >= 11 is 15.3. The summed E-state index contributed by atoms with van der Waals surface area (Å²) in [5, 5.41) is 0.797. The molecule has 0 aliphatic rings. The number of ether oxygens (including phenoxy) is 1. The van der Waals surface area contributed by atoms with Gasteiger partial charge in [-0.1, -0.05) is 23.2 Å². The third-order valence-electron chi connectivity index (χ3n) is 2.24. The molecule has 0 saturated heterocycles. The Morgan fingerprint density at radius 2 is 2.00 bits per heavy atom. The summed E-state index contributed by atoms with van der Waals surface area (Å²) in [6.45, 7) is 0. The third-order valence-corrected chi connectivity index (χ3v) is 3.73. The molecular weight excluding hydrogens is 341 g/mol. The second-order valence-electron chi connectivity index (χ2n) is 3.38. The van der Waals surface area contributed by atoms with Gasteiger partial charge in [-0.15, -0.1) is 0 Å². The molecule has 0 bridgehead atoms. The molecule has 0 saturated carbocycles. The highest BCUT2D eigenvalue weighted by Crippen LogP contribution is 2.38. The van der Waals surface area contributed by atoms with E-state index >= 15 is 0 Å². The predicted molar refractivity (Wildman–Crippen MR) is 76.2 cm³/mol. The van der Waals surface area contributed by atoms with E-state index in [9.17, 15) is 0 Å². The van der Waals surface area contributed by atoms with Gasteiger partial charge in [0, 0.05) is 10.6 Å². The lowest BCUT2D eigenvalue weighted by Crippen LogP contribution is -1.99. The van der Waals surface area contributed by atoms with Crippen molar-refractivity contribution in [3.8, 4) is 17.0 Å². The molecule has 2 N–H and O–H groups in total. The van der Waals surface area contributed by atoms with Gasteiger partial charge in [0.15, 0.2) is 0 Å². The number of hydrogen-bond donors (Lipinski definition) is 1. The highest BCUT2D eigenvalue weighted by atomic mass is 79.9. The zero-order valence-electron chi connectivity index (χ0n) is 9.25. The van der Waals surface area contributed by atoms with Gasteiger partial charge in [0.25, 0.3) is 0 Å². The molecule has 0 fully saturated rings. The fraction of sp³-hybridized carbons (Fsp3) is 0.0909. The van der Waals surface area contributed by atoms with Crippen LogP contribution in [0.15, 0.2) is 22.7 Å². The van der Waals surface area contributed by atoms with Crippen molar-refractivity contribution >= 4 is 45.1 Å². The Morgan fingerprint density at radius 1 is 1.28 bits per heavy atom. The number of hydrogen-bond acceptors (Lipinski definition) is 4. The van der Waals surface area contributed by atoms with Crippen molar-refractivity contribution in [1.29, 1.82) is 0 Å². The van der Waals surface area contributed by atoms with Crippen molar-refractivity contribution in [2.24, 2.45) is 0 Å². The smallest absolute Gasteiger partial charge is 0.222 e. The molecule has 2 rings (SSSR count). The molecular formula is C11H8BrCl2N3O. The van der Waals surface area contributed by atoms with Gasteiger partial charge in [0.1, 0.15) is 10.9 Å². The zero-order valence-corrected chi connectivity index (χ0v) is 12.3. The molecule has 1 heterocycles. The number of nitrogens with zero attached hydrogens (tertiary/aromatic N) is 2. The normalized spacial score (nSPS) is 10.4. The molecule has 0 radical (unpaired) electrons. The van der Waals surface area contributed by atoms with E-state index in [0.29, 0.717) is 26.5 Å². The van der Waals surface area contributed by atoms with E-state index in [1.165, 1.54) is 0 Å². The van der Waals surface area contributed by atoms with Gasteiger partial charge in [-0.05, 0) is 34.1 Å². The Kier molecular flexibility index (Phi) is 3.94. The maximum absolute atomic E-state index is 5.98. The Morgan fingerprint density at radius 3 is 2.67 bits per heavy atom. The Labute approximate surface area is 122 Å². The number of aromatic nitrogens is 2. The Balaban J connectivity index is 2.72. The van der Waals surface area contributed by atoms with Gasteiger partial charge >= 0.3 is 0 Å². The van der Waals surface area contributed by atoms with Crippen LogP contribution in [0.5, 0.6) is 5.75 Å². The first kappa shape index (κ1) is 13.4. The quantitative estimate of drug-likeness (QED) is 0.838. The average molecular weight is 349 g/mol. The van der Waals surface area contributed by atoms with Gasteiger partial charge in [0.2, 0.25) is 5.95 Å². The fourth-order valence-electron chi connectivity index (χ4n) is 1.48. The van der Waals surface area contributed by atoms with Crippen molar-refractivity contribution < 1.29 is 4.74 Å². The summed E-state index contributed by atoms with van der Waals surface area (Å²) in [6.07, 6.45) is 0. The molecule has 2 aromatic rings. The van der Waals surface area contributed by atoms with E-state index < -0.39 is 0 Å². The van der Waals surface area contributed by atoms with Crippen LogP contribution in [0, 0.1) is 0 Å². The molecule has 0 spiro atoms. The second-order valence-corrected chi connectivity index (χ2v) is 4.97. The number of anilines is 1. The molecule has 0 amide bonds. The van der Waals surface area contributed by atoms with E-state index in [4.69, 9.17) is 33.7 Å².